The van der Waals surface area contributed by atoms with Gasteiger partial charge in [0.1, 0.15) is 5.75 Å². The molecule has 2 rings (SSSR count). The lowest BCUT2D eigenvalue weighted by Gasteiger charge is -2.22. The third-order valence-electron chi connectivity index (χ3n) is 4.42. The molecule has 0 aliphatic carbocycles. The van der Waals surface area contributed by atoms with Crippen LogP contribution in [0.1, 0.15) is 51.5 Å². The highest BCUT2D eigenvalue weighted by atomic mass is 16.5. The first-order chi connectivity index (χ1) is 10.2. The Morgan fingerprint density at radius 2 is 2.10 bits per heavy atom. The molecule has 0 bridgehead atoms. The summed E-state index contributed by atoms with van der Waals surface area (Å²) in [6, 6.07) is 6.00. The smallest absolute Gasteiger partial charge is 0.123 e. The predicted molar refractivity (Wildman–Crippen MR) is 89.5 cm³/mol. The number of nitrogen functional groups attached to an aromatic ring is 1. The van der Waals surface area contributed by atoms with Crippen LogP contribution in [0.5, 0.6) is 5.75 Å². The van der Waals surface area contributed by atoms with Gasteiger partial charge in [0.2, 0.25) is 0 Å². The van der Waals surface area contributed by atoms with Gasteiger partial charge >= 0.3 is 0 Å². The summed E-state index contributed by atoms with van der Waals surface area (Å²) in [5.41, 5.74) is 8.00. The molecule has 3 heteroatoms. The van der Waals surface area contributed by atoms with Gasteiger partial charge in [-0.2, -0.15) is 0 Å². The maximum absolute atomic E-state index is 5.95. The lowest BCUT2D eigenvalue weighted by Crippen LogP contribution is -2.24. The number of likely N-dealkylation sites (tertiary alicyclic amines) is 1. The maximum atomic E-state index is 5.95. The van der Waals surface area contributed by atoms with Crippen LogP contribution in [0.4, 0.5) is 5.69 Å². The fourth-order valence-corrected chi connectivity index (χ4v) is 3.34. The standard InChI is InChI=1S/C18H30N2O/c1-3-6-15-7-5-11-20(12-10-15)14-16-13-17(19)8-9-18(16)21-4-2/h8-9,13,15H,3-7,10-12,14,19H2,1-2H3. The van der Waals surface area contributed by atoms with Gasteiger partial charge in [0.25, 0.3) is 0 Å². The van der Waals surface area contributed by atoms with Gasteiger partial charge in [0.15, 0.2) is 0 Å². The summed E-state index contributed by atoms with van der Waals surface area (Å²) in [5.74, 6) is 1.91. The monoisotopic (exact) mass is 290 g/mol. The average molecular weight is 290 g/mol. The van der Waals surface area contributed by atoms with Gasteiger partial charge in [-0.15, -0.1) is 0 Å². The molecule has 0 aromatic heterocycles. The van der Waals surface area contributed by atoms with Crippen LogP contribution in [-0.4, -0.2) is 24.6 Å². The van der Waals surface area contributed by atoms with Gasteiger partial charge in [-0.05, 0) is 63.4 Å². The lowest BCUT2D eigenvalue weighted by molar-refractivity contribution is 0.262. The van der Waals surface area contributed by atoms with Crippen molar-refractivity contribution in [2.75, 3.05) is 25.4 Å². The van der Waals surface area contributed by atoms with Crippen molar-refractivity contribution in [2.45, 2.75) is 52.5 Å². The Kier molecular flexibility index (Phi) is 6.37. The topological polar surface area (TPSA) is 38.5 Å². The van der Waals surface area contributed by atoms with Crippen LogP contribution in [0.15, 0.2) is 18.2 Å². The van der Waals surface area contributed by atoms with Gasteiger partial charge in [-0.1, -0.05) is 19.8 Å². The summed E-state index contributed by atoms with van der Waals surface area (Å²) in [4.78, 5) is 2.56. The number of hydrogen-bond donors (Lipinski definition) is 1. The van der Waals surface area contributed by atoms with Crippen molar-refractivity contribution in [3.8, 4) is 5.75 Å². The Labute approximate surface area is 129 Å². The SMILES string of the molecule is CCCC1CCCN(Cc2cc(N)ccc2OCC)CC1. The minimum Gasteiger partial charge on any atom is -0.494 e. The number of benzene rings is 1. The first-order valence-electron chi connectivity index (χ1n) is 8.46. The van der Waals surface area contributed by atoms with E-state index in [4.69, 9.17) is 10.5 Å². The minimum absolute atomic E-state index is 0.704. The predicted octanol–water partition coefficient (Wildman–Crippen LogP) is 4.07. The molecule has 1 heterocycles. The first-order valence-corrected chi connectivity index (χ1v) is 8.46. The first kappa shape index (κ1) is 16.2. The van der Waals surface area contributed by atoms with Crippen molar-refractivity contribution in [2.24, 2.45) is 5.92 Å². The molecule has 0 amide bonds. The molecule has 1 atom stereocenters. The number of ether oxygens (including phenoxy) is 1. The van der Waals surface area contributed by atoms with E-state index in [9.17, 15) is 0 Å². The van der Waals surface area contributed by atoms with Crippen molar-refractivity contribution in [3.05, 3.63) is 23.8 Å². The third kappa shape index (κ3) is 4.92. The second kappa shape index (κ2) is 8.28. The highest BCUT2D eigenvalue weighted by Crippen LogP contribution is 2.26. The summed E-state index contributed by atoms with van der Waals surface area (Å²) in [7, 11) is 0. The second-order valence-corrected chi connectivity index (χ2v) is 6.16. The lowest BCUT2D eigenvalue weighted by atomic mass is 9.96. The summed E-state index contributed by atoms with van der Waals surface area (Å²) >= 11 is 0. The molecule has 1 saturated heterocycles. The van der Waals surface area contributed by atoms with E-state index in [1.165, 1.54) is 50.8 Å². The third-order valence-corrected chi connectivity index (χ3v) is 4.42. The summed E-state index contributed by atoms with van der Waals surface area (Å²) in [5, 5.41) is 0. The Hall–Kier alpha value is -1.22. The molecule has 1 aromatic rings. The van der Waals surface area contributed by atoms with Crippen molar-refractivity contribution in [3.63, 3.8) is 0 Å². The Balaban J connectivity index is 1.99. The van der Waals surface area contributed by atoms with Crippen molar-refractivity contribution in [1.29, 1.82) is 0 Å². The van der Waals surface area contributed by atoms with Crippen LogP contribution in [0.2, 0.25) is 0 Å². The number of nitrogens with zero attached hydrogens (tertiary/aromatic N) is 1. The van der Waals surface area contributed by atoms with Gasteiger partial charge in [0.05, 0.1) is 6.61 Å². The van der Waals surface area contributed by atoms with E-state index in [0.717, 1.165) is 23.9 Å². The molecular formula is C18H30N2O. The summed E-state index contributed by atoms with van der Waals surface area (Å²) in [6.45, 7) is 8.38. The van der Waals surface area contributed by atoms with E-state index in [-0.39, 0.29) is 0 Å². The van der Waals surface area contributed by atoms with Crippen LogP contribution in [0.25, 0.3) is 0 Å². The zero-order valence-corrected chi connectivity index (χ0v) is 13.6. The summed E-state index contributed by atoms with van der Waals surface area (Å²) < 4.78 is 5.74. The molecule has 1 fully saturated rings. The van der Waals surface area contributed by atoms with Crippen LogP contribution in [0.3, 0.4) is 0 Å². The molecule has 1 aromatic carbocycles. The summed E-state index contributed by atoms with van der Waals surface area (Å²) in [6.07, 6.45) is 6.74. The fraction of sp³-hybridized carbons (Fsp3) is 0.667. The van der Waals surface area contributed by atoms with E-state index in [0.29, 0.717) is 6.61 Å². The number of anilines is 1. The minimum atomic E-state index is 0.704. The molecule has 0 radical (unpaired) electrons. The highest BCUT2D eigenvalue weighted by molar-refractivity contribution is 5.47. The van der Waals surface area contributed by atoms with Gasteiger partial charge in [-0.3, -0.25) is 4.90 Å². The Bertz CT molecular complexity index is 433. The molecule has 0 saturated carbocycles. The maximum Gasteiger partial charge on any atom is 0.123 e. The average Bonchev–Trinajstić information content (AvgIpc) is 2.68. The van der Waals surface area contributed by atoms with Crippen LogP contribution < -0.4 is 10.5 Å². The Morgan fingerprint density at radius 3 is 2.86 bits per heavy atom. The molecule has 1 unspecified atom stereocenters. The van der Waals surface area contributed by atoms with Crippen molar-refractivity contribution < 1.29 is 4.74 Å². The molecule has 1 aliphatic rings. The van der Waals surface area contributed by atoms with E-state index in [2.05, 4.69) is 17.9 Å². The molecular weight excluding hydrogens is 260 g/mol. The molecule has 21 heavy (non-hydrogen) atoms. The zero-order chi connectivity index (χ0) is 15.1. The number of hydrogen-bond acceptors (Lipinski definition) is 3. The van der Waals surface area contributed by atoms with Crippen molar-refractivity contribution in [1.82, 2.24) is 4.90 Å². The van der Waals surface area contributed by atoms with E-state index in [1.54, 1.807) is 0 Å². The van der Waals surface area contributed by atoms with Gasteiger partial charge < -0.3 is 10.5 Å². The van der Waals surface area contributed by atoms with Crippen LogP contribution in [-0.2, 0) is 6.54 Å². The quantitative estimate of drug-likeness (QED) is 0.803. The fourth-order valence-electron chi connectivity index (χ4n) is 3.34. The van der Waals surface area contributed by atoms with Crippen LogP contribution in [0, 0.1) is 5.92 Å². The van der Waals surface area contributed by atoms with Crippen molar-refractivity contribution >= 4 is 5.69 Å². The van der Waals surface area contributed by atoms with Crippen LogP contribution >= 0.6 is 0 Å². The largest absolute Gasteiger partial charge is 0.494 e. The molecule has 2 N–H and O–H groups in total. The molecule has 118 valence electrons. The number of nitrogens with two attached hydrogens (primary N) is 1. The van der Waals surface area contributed by atoms with E-state index < -0.39 is 0 Å². The Morgan fingerprint density at radius 1 is 1.24 bits per heavy atom. The second-order valence-electron chi connectivity index (χ2n) is 6.16. The highest BCUT2D eigenvalue weighted by Gasteiger charge is 2.17. The molecule has 0 spiro atoms. The van der Waals surface area contributed by atoms with Gasteiger partial charge in [0, 0.05) is 17.8 Å². The van der Waals surface area contributed by atoms with E-state index in [1.807, 2.05) is 19.1 Å². The van der Waals surface area contributed by atoms with Gasteiger partial charge in [-0.25, -0.2) is 0 Å². The van der Waals surface area contributed by atoms with E-state index >= 15 is 0 Å². The number of rotatable bonds is 6. The zero-order valence-electron chi connectivity index (χ0n) is 13.6. The molecule has 1 aliphatic heterocycles. The molecule has 3 nitrogen and oxygen atoms in total. The normalized spacial score (nSPS) is 20.2.